The molecule has 92 valence electrons. The molecule has 0 aromatic heterocycles. The minimum atomic E-state index is -0.506. The summed E-state index contributed by atoms with van der Waals surface area (Å²) in [5.41, 5.74) is 0. The first-order valence-corrected chi connectivity index (χ1v) is 5.86. The highest BCUT2D eigenvalue weighted by molar-refractivity contribution is 6.30. The highest BCUT2D eigenvalue weighted by atomic mass is 35.5. The number of amides is 1. The maximum absolute atomic E-state index is 11.7. The summed E-state index contributed by atoms with van der Waals surface area (Å²) < 4.78 is 5.57. The molecule has 0 heterocycles. The van der Waals surface area contributed by atoms with E-state index in [4.69, 9.17) is 16.3 Å². The third-order valence-corrected chi connectivity index (χ3v) is 2.39. The summed E-state index contributed by atoms with van der Waals surface area (Å²) in [6.07, 6.45) is 1.72. The van der Waals surface area contributed by atoms with Crippen molar-refractivity contribution in [1.82, 2.24) is 5.32 Å². The lowest BCUT2D eigenvalue weighted by Crippen LogP contribution is -2.37. The van der Waals surface area contributed by atoms with Gasteiger partial charge in [0.2, 0.25) is 0 Å². The summed E-state index contributed by atoms with van der Waals surface area (Å²) in [7, 11) is 0. The number of carbonyl (C=O) groups excluding carboxylic acids is 1. The van der Waals surface area contributed by atoms with Crippen LogP contribution in [-0.2, 0) is 4.79 Å². The molecule has 3 nitrogen and oxygen atoms in total. The van der Waals surface area contributed by atoms with Crippen LogP contribution in [0.2, 0.25) is 5.02 Å². The number of ether oxygens (including phenoxy) is 1. The Hall–Kier alpha value is -1.48. The summed E-state index contributed by atoms with van der Waals surface area (Å²) in [6.45, 7) is 5.87. The van der Waals surface area contributed by atoms with Gasteiger partial charge in [0, 0.05) is 11.6 Å². The molecule has 17 heavy (non-hydrogen) atoms. The van der Waals surface area contributed by atoms with Crippen LogP contribution in [0.25, 0.3) is 0 Å². The summed E-state index contributed by atoms with van der Waals surface area (Å²) >= 11 is 5.84. The molecule has 1 rings (SSSR count). The van der Waals surface area contributed by atoms with Crippen molar-refractivity contribution in [2.24, 2.45) is 0 Å². The first-order chi connectivity index (χ1) is 8.17. The zero-order valence-electron chi connectivity index (χ0n) is 9.78. The molecule has 0 aliphatic carbocycles. The van der Waals surface area contributed by atoms with E-state index in [1.807, 2.05) is 6.92 Å². The SMILES string of the molecule is C=CCNC(=O)[C@H](CC)Oc1cccc(Cl)c1. The van der Waals surface area contributed by atoms with E-state index in [2.05, 4.69) is 11.9 Å². The third-order valence-electron chi connectivity index (χ3n) is 2.16. The van der Waals surface area contributed by atoms with Crippen LogP contribution in [0.1, 0.15) is 13.3 Å². The van der Waals surface area contributed by atoms with Crippen LogP contribution in [0.5, 0.6) is 5.75 Å². The van der Waals surface area contributed by atoms with Gasteiger partial charge in [0.05, 0.1) is 0 Å². The van der Waals surface area contributed by atoms with E-state index in [9.17, 15) is 4.79 Å². The standard InChI is InChI=1S/C13H16ClNO2/c1-3-8-15-13(16)12(4-2)17-11-7-5-6-10(14)9-11/h3,5-7,9,12H,1,4,8H2,2H3,(H,15,16)/t12-/m0/s1. The van der Waals surface area contributed by atoms with Crippen molar-refractivity contribution in [2.45, 2.75) is 19.4 Å². The summed E-state index contributed by atoms with van der Waals surface area (Å²) in [5, 5.41) is 3.29. The fourth-order valence-corrected chi connectivity index (χ4v) is 1.49. The van der Waals surface area contributed by atoms with Crippen LogP contribution in [0.15, 0.2) is 36.9 Å². The van der Waals surface area contributed by atoms with Gasteiger partial charge in [-0.3, -0.25) is 4.79 Å². The average Bonchev–Trinajstić information content (AvgIpc) is 2.33. The first kappa shape index (κ1) is 13.6. The molecule has 0 fully saturated rings. The average molecular weight is 254 g/mol. The van der Waals surface area contributed by atoms with Crippen LogP contribution >= 0.6 is 11.6 Å². The molecule has 1 N–H and O–H groups in total. The predicted molar refractivity (Wildman–Crippen MR) is 69.4 cm³/mol. The van der Waals surface area contributed by atoms with Crippen LogP contribution in [0, 0.1) is 0 Å². The third kappa shape index (κ3) is 4.49. The number of benzene rings is 1. The van der Waals surface area contributed by atoms with E-state index in [-0.39, 0.29) is 5.91 Å². The van der Waals surface area contributed by atoms with E-state index < -0.39 is 6.10 Å². The van der Waals surface area contributed by atoms with Gasteiger partial charge in [0.25, 0.3) is 5.91 Å². The summed E-state index contributed by atoms with van der Waals surface area (Å²) in [5.74, 6) is 0.450. The Morgan fingerprint density at radius 1 is 1.65 bits per heavy atom. The van der Waals surface area contributed by atoms with Crippen LogP contribution in [-0.4, -0.2) is 18.6 Å². The molecule has 0 aliphatic rings. The molecule has 0 saturated carbocycles. The lowest BCUT2D eigenvalue weighted by atomic mass is 10.2. The van der Waals surface area contributed by atoms with Gasteiger partial charge in [-0.15, -0.1) is 6.58 Å². The molecule has 0 aliphatic heterocycles. The predicted octanol–water partition coefficient (Wildman–Crippen LogP) is 2.80. The van der Waals surface area contributed by atoms with Crippen molar-refractivity contribution >= 4 is 17.5 Å². The Balaban J connectivity index is 2.63. The second-order valence-electron chi connectivity index (χ2n) is 3.51. The van der Waals surface area contributed by atoms with E-state index in [0.29, 0.717) is 23.7 Å². The maximum atomic E-state index is 11.7. The van der Waals surface area contributed by atoms with Gasteiger partial charge in [0.1, 0.15) is 5.75 Å². The van der Waals surface area contributed by atoms with Crippen LogP contribution < -0.4 is 10.1 Å². The molecular formula is C13H16ClNO2. The van der Waals surface area contributed by atoms with Gasteiger partial charge in [0.15, 0.2) is 6.10 Å². The fourth-order valence-electron chi connectivity index (χ4n) is 1.31. The topological polar surface area (TPSA) is 38.3 Å². The van der Waals surface area contributed by atoms with Gasteiger partial charge in [-0.1, -0.05) is 30.7 Å². The Kier molecular flexibility index (Phi) is 5.57. The zero-order valence-corrected chi connectivity index (χ0v) is 10.5. The van der Waals surface area contributed by atoms with E-state index >= 15 is 0 Å². The number of hydrogen-bond donors (Lipinski definition) is 1. The fraction of sp³-hybridized carbons (Fsp3) is 0.308. The number of rotatable bonds is 6. The molecule has 1 aromatic rings. The van der Waals surface area contributed by atoms with Crippen LogP contribution in [0.3, 0.4) is 0 Å². The Morgan fingerprint density at radius 2 is 2.41 bits per heavy atom. The van der Waals surface area contributed by atoms with E-state index in [1.54, 1.807) is 30.3 Å². The largest absolute Gasteiger partial charge is 0.481 e. The molecule has 0 unspecified atom stereocenters. The molecule has 1 atom stereocenters. The smallest absolute Gasteiger partial charge is 0.261 e. The normalized spacial score (nSPS) is 11.6. The van der Waals surface area contributed by atoms with Gasteiger partial charge < -0.3 is 10.1 Å². The Labute approximate surface area is 106 Å². The Bertz CT molecular complexity index is 393. The van der Waals surface area contributed by atoms with Crippen molar-refractivity contribution in [3.63, 3.8) is 0 Å². The Morgan fingerprint density at radius 3 is 3.00 bits per heavy atom. The van der Waals surface area contributed by atoms with Crippen molar-refractivity contribution in [3.8, 4) is 5.75 Å². The molecular weight excluding hydrogens is 238 g/mol. The highest BCUT2D eigenvalue weighted by Gasteiger charge is 2.17. The zero-order chi connectivity index (χ0) is 12.7. The van der Waals surface area contributed by atoms with E-state index in [1.165, 1.54) is 0 Å². The quantitative estimate of drug-likeness (QED) is 0.792. The molecule has 1 aromatic carbocycles. The van der Waals surface area contributed by atoms with Gasteiger partial charge in [-0.2, -0.15) is 0 Å². The number of nitrogens with one attached hydrogen (secondary N) is 1. The number of carbonyl (C=O) groups is 1. The second kappa shape index (κ2) is 6.97. The lowest BCUT2D eigenvalue weighted by Gasteiger charge is -2.16. The highest BCUT2D eigenvalue weighted by Crippen LogP contribution is 2.19. The number of halogens is 1. The van der Waals surface area contributed by atoms with E-state index in [0.717, 1.165) is 0 Å². The summed E-state index contributed by atoms with van der Waals surface area (Å²) in [6, 6.07) is 7.00. The monoisotopic (exact) mass is 253 g/mol. The van der Waals surface area contributed by atoms with Crippen molar-refractivity contribution in [1.29, 1.82) is 0 Å². The first-order valence-electron chi connectivity index (χ1n) is 5.48. The van der Waals surface area contributed by atoms with Crippen molar-refractivity contribution in [3.05, 3.63) is 41.9 Å². The maximum Gasteiger partial charge on any atom is 0.261 e. The van der Waals surface area contributed by atoms with Crippen molar-refractivity contribution < 1.29 is 9.53 Å². The number of hydrogen-bond acceptors (Lipinski definition) is 2. The minimum absolute atomic E-state index is 0.146. The molecule has 0 radical (unpaired) electrons. The molecule has 1 amide bonds. The van der Waals surface area contributed by atoms with Crippen LogP contribution in [0.4, 0.5) is 0 Å². The van der Waals surface area contributed by atoms with Crippen molar-refractivity contribution in [2.75, 3.05) is 6.54 Å². The molecule has 0 saturated heterocycles. The molecule has 0 bridgehead atoms. The van der Waals surface area contributed by atoms with Gasteiger partial charge in [-0.25, -0.2) is 0 Å². The summed E-state index contributed by atoms with van der Waals surface area (Å²) in [4.78, 5) is 11.7. The van der Waals surface area contributed by atoms with Gasteiger partial charge in [-0.05, 0) is 24.6 Å². The molecule has 4 heteroatoms. The minimum Gasteiger partial charge on any atom is -0.481 e. The van der Waals surface area contributed by atoms with Gasteiger partial charge >= 0.3 is 0 Å². The second-order valence-corrected chi connectivity index (χ2v) is 3.94. The lowest BCUT2D eigenvalue weighted by molar-refractivity contribution is -0.127. The molecule has 0 spiro atoms.